The molecule has 0 saturated carbocycles. The van der Waals surface area contributed by atoms with Gasteiger partial charge in [-0.25, -0.2) is 5.43 Å². The Labute approximate surface area is 86.0 Å². The first-order valence-electron chi connectivity index (χ1n) is 3.58. The molecular formula is C8H8Cl2N2O. The molecule has 5 heteroatoms. The molecule has 3 nitrogen and oxygen atoms in total. The number of hydrazine groups is 1. The summed E-state index contributed by atoms with van der Waals surface area (Å²) in [6.45, 7) is 0. The minimum Gasteiger partial charge on any atom is -0.288 e. The summed E-state index contributed by atoms with van der Waals surface area (Å²) in [5.41, 5.74) is 5.26. The maximum absolute atomic E-state index is 11.3. The van der Waals surface area contributed by atoms with Crippen molar-refractivity contribution in [2.75, 3.05) is 7.05 Å². The van der Waals surface area contributed by atoms with Gasteiger partial charge in [0.05, 0.1) is 15.6 Å². The molecule has 0 heterocycles. The fourth-order valence-corrected chi connectivity index (χ4v) is 1.25. The van der Waals surface area contributed by atoms with Crippen molar-refractivity contribution in [2.24, 2.45) is 0 Å². The zero-order chi connectivity index (χ0) is 9.84. The molecule has 0 bridgehead atoms. The molecule has 0 aliphatic rings. The predicted molar refractivity (Wildman–Crippen MR) is 53.0 cm³/mol. The summed E-state index contributed by atoms with van der Waals surface area (Å²) in [4.78, 5) is 11.3. The van der Waals surface area contributed by atoms with Crippen LogP contribution in [0, 0.1) is 0 Å². The smallest absolute Gasteiger partial charge is 0.266 e. The molecule has 0 fully saturated rings. The van der Waals surface area contributed by atoms with Gasteiger partial charge in [0.25, 0.3) is 5.91 Å². The molecule has 0 aromatic heterocycles. The molecular weight excluding hydrogens is 211 g/mol. The van der Waals surface area contributed by atoms with E-state index in [9.17, 15) is 4.79 Å². The van der Waals surface area contributed by atoms with Gasteiger partial charge in [0.2, 0.25) is 0 Å². The second kappa shape index (κ2) is 4.46. The van der Waals surface area contributed by atoms with Crippen molar-refractivity contribution in [1.29, 1.82) is 0 Å². The third kappa shape index (κ3) is 2.34. The summed E-state index contributed by atoms with van der Waals surface area (Å²) in [6, 6.07) is 4.89. The molecule has 0 spiro atoms. The average Bonchev–Trinajstić information content (AvgIpc) is 2.10. The highest BCUT2D eigenvalue weighted by Gasteiger charge is 2.10. The summed E-state index contributed by atoms with van der Waals surface area (Å²) in [6.07, 6.45) is 0. The van der Waals surface area contributed by atoms with Crippen LogP contribution in [0.2, 0.25) is 10.0 Å². The van der Waals surface area contributed by atoms with Crippen LogP contribution in [0.3, 0.4) is 0 Å². The number of carbonyl (C=O) groups is 1. The Morgan fingerprint density at radius 2 is 2.08 bits per heavy atom. The lowest BCUT2D eigenvalue weighted by Crippen LogP contribution is -2.34. The van der Waals surface area contributed by atoms with Gasteiger partial charge in [0.1, 0.15) is 0 Å². The van der Waals surface area contributed by atoms with Crippen molar-refractivity contribution in [3.05, 3.63) is 33.8 Å². The minimum absolute atomic E-state index is 0.261. The number of halogens is 2. The van der Waals surface area contributed by atoms with Crippen LogP contribution in [0.25, 0.3) is 0 Å². The van der Waals surface area contributed by atoms with E-state index in [2.05, 4.69) is 10.9 Å². The second-order valence-electron chi connectivity index (χ2n) is 2.31. The van der Waals surface area contributed by atoms with E-state index in [-0.39, 0.29) is 10.9 Å². The van der Waals surface area contributed by atoms with Gasteiger partial charge in [0, 0.05) is 7.05 Å². The summed E-state index contributed by atoms with van der Waals surface area (Å²) in [5.74, 6) is -0.310. The van der Waals surface area contributed by atoms with E-state index in [0.717, 1.165) is 0 Å². The van der Waals surface area contributed by atoms with Gasteiger partial charge >= 0.3 is 0 Å². The maximum Gasteiger partial charge on any atom is 0.266 e. The summed E-state index contributed by atoms with van der Waals surface area (Å²) in [5, 5.41) is 0.627. The number of carbonyl (C=O) groups excluding carboxylic acids is 1. The highest BCUT2D eigenvalue weighted by molar-refractivity contribution is 6.43. The van der Waals surface area contributed by atoms with E-state index in [1.807, 2.05) is 0 Å². The number of hydrogen-bond donors (Lipinski definition) is 2. The first-order valence-corrected chi connectivity index (χ1v) is 4.33. The standard InChI is InChI=1S/C8H8Cl2N2O/c1-11-12-8(13)5-3-2-4-6(9)7(5)10/h2-4,11H,1H3,(H,12,13). The molecule has 1 rings (SSSR count). The van der Waals surface area contributed by atoms with Crippen molar-refractivity contribution in [1.82, 2.24) is 10.9 Å². The van der Waals surface area contributed by atoms with Gasteiger partial charge < -0.3 is 0 Å². The normalized spacial score (nSPS) is 9.77. The molecule has 0 saturated heterocycles. The highest BCUT2D eigenvalue weighted by atomic mass is 35.5. The maximum atomic E-state index is 11.3. The van der Waals surface area contributed by atoms with Crippen molar-refractivity contribution >= 4 is 29.1 Å². The first-order chi connectivity index (χ1) is 6.16. The summed E-state index contributed by atoms with van der Waals surface area (Å²) < 4.78 is 0. The first kappa shape index (κ1) is 10.3. The average molecular weight is 219 g/mol. The number of hydrogen-bond acceptors (Lipinski definition) is 2. The zero-order valence-corrected chi connectivity index (χ0v) is 8.41. The van der Waals surface area contributed by atoms with Crippen LogP contribution in [0.4, 0.5) is 0 Å². The van der Waals surface area contributed by atoms with Gasteiger partial charge in [-0.3, -0.25) is 10.2 Å². The number of amides is 1. The van der Waals surface area contributed by atoms with Crippen molar-refractivity contribution < 1.29 is 4.79 Å². The van der Waals surface area contributed by atoms with Crippen LogP contribution < -0.4 is 10.9 Å². The van der Waals surface area contributed by atoms with E-state index in [4.69, 9.17) is 23.2 Å². The Morgan fingerprint density at radius 1 is 1.38 bits per heavy atom. The van der Waals surface area contributed by atoms with Gasteiger partial charge in [-0.2, -0.15) is 0 Å². The predicted octanol–water partition coefficient (Wildman–Crippen LogP) is 1.86. The van der Waals surface area contributed by atoms with Gasteiger partial charge in [-0.15, -0.1) is 0 Å². The Balaban J connectivity index is 3.01. The number of nitrogens with one attached hydrogen (secondary N) is 2. The third-order valence-corrected chi connectivity index (χ3v) is 2.25. The summed E-state index contributed by atoms with van der Waals surface area (Å²) in [7, 11) is 1.59. The van der Waals surface area contributed by atoms with Crippen molar-refractivity contribution in [3.63, 3.8) is 0 Å². The highest BCUT2D eigenvalue weighted by Crippen LogP contribution is 2.25. The van der Waals surface area contributed by atoms with Crippen LogP contribution in [0.15, 0.2) is 18.2 Å². The Bertz CT molecular complexity index is 328. The molecule has 0 aliphatic heterocycles. The molecule has 0 atom stereocenters. The van der Waals surface area contributed by atoms with Crippen molar-refractivity contribution in [2.45, 2.75) is 0 Å². The fourth-order valence-electron chi connectivity index (χ4n) is 0.860. The van der Waals surface area contributed by atoms with Crippen LogP contribution in [0.1, 0.15) is 10.4 Å². The lowest BCUT2D eigenvalue weighted by molar-refractivity contribution is 0.0938. The fraction of sp³-hybridized carbons (Fsp3) is 0.125. The molecule has 2 N–H and O–H groups in total. The van der Waals surface area contributed by atoms with E-state index in [0.29, 0.717) is 10.6 Å². The quantitative estimate of drug-likeness (QED) is 0.745. The van der Waals surface area contributed by atoms with E-state index in [1.54, 1.807) is 25.2 Å². The zero-order valence-electron chi connectivity index (χ0n) is 6.90. The molecule has 1 aromatic carbocycles. The molecule has 0 radical (unpaired) electrons. The van der Waals surface area contributed by atoms with Crippen LogP contribution in [-0.2, 0) is 0 Å². The van der Waals surface area contributed by atoms with E-state index >= 15 is 0 Å². The van der Waals surface area contributed by atoms with Gasteiger partial charge in [-0.05, 0) is 12.1 Å². The molecule has 1 amide bonds. The molecule has 0 aliphatic carbocycles. The number of benzene rings is 1. The van der Waals surface area contributed by atoms with E-state index in [1.165, 1.54) is 0 Å². The topological polar surface area (TPSA) is 41.1 Å². The molecule has 13 heavy (non-hydrogen) atoms. The monoisotopic (exact) mass is 218 g/mol. The lowest BCUT2D eigenvalue weighted by atomic mass is 10.2. The molecule has 70 valence electrons. The van der Waals surface area contributed by atoms with Crippen LogP contribution in [-0.4, -0.2) is 13.0 Å². The Morgan fingerprint density at radius 3 is 2.69 bits per heavy atom. The SMILES string of the molecule is CNNC(=O)c1cccc(Cl)c1Cl. The van der Waals surface area contributed by atoms with Crippen LogP contribution >= 0.6 is 23.2 Å². The second-order valence-corrected chi connectivity index (χ2v) is 3.09. The largest absolute Gasteiger partial charge is 0.288 e. The Hall–Kier alpha value is -0.770. The third-order valence-electron chi connectivity index (χ3n) is 1.43. The van der Waals surface area contributed by atoms with Crippen LogP contribution in [0.5, 0.6) is 0 Å². The minimum atomic E-state index is -0.310. The van der Waals surface area contributed by atoms with Gasteiger partial charge in [-0.1, -0.05) is 29.3 Å². The molecule has 0 unspecified atom stereocenters. The molecule has 1 aromatic rings. The number of rotatable bonds is 2. The summed E-state index contributed by atoms with van der Waals surface area (Å²) >= 11 is 11.5. The lowest BCUT2D eigenvalue weighted by Gasteiger charge is -2.05. The van der Waals surface area contributed by atoms with E-state index < -0.39 is 0 Å². The van der Waals surface area contributed by atoms with Crippen molar-refractivity contribution in [3.8, 4) is 0 Å². The Kier molecular flexibility index (Phi) is 3.54. The van der Waals surface area contributed by atoms with Gasteiger partial charge in [0.15, 0.2) is 0 Å².